The summed E-state index contributed by atoms with van der Waals surface area (Å²) in [5.74, 6) is -2.03. The van der Waals surface area contributed by atoms with E-state index >= 15 is 0 Å². The summed E-state index contributed by atoms with van der Waals surface area (Å²) < 4.78 is 193. The van der Waals surface area contributed by atoms with Gasteiger partial charge < -0.3 is 8.98 Å². The molecule has 0 bridgehead atoms. The van der Waals surface area contributed by atoms with Crippen molar-refractivity contribution in [2.75, 3.05) is 0 Å². The van der Waals surface area contributed by atoms with E-state index in [2.05, 4.69) is 15.0 Å². The van der Waals surface area contributed by atoms with Gasteiger partial charge >= 0.3 is 0 Å². The largest absolute Gasteiger partial charge is 0.455 e. The molecule has 0 unspecified atom stereocenters. The van der Waals surface area contributed by atoms with Crippen LogP contribution in [0.25, 0.3) is 116 Å². The average Bonchev–Trinajstić information content (AvgIpc) is 4.23. The standard InChI is InChI=1S/C51H30N4O/c1-4-15-31(16-5-1)49-52-50(32-17-6-2-7-18-32)54-51(53-49)40-26-12-25-39-44-37(24-14-28-43(44)56-48(39)40)38-29-30-42-47-45(38)35-22-11-10-21-34(35)36-23-13-27-41(46(36)47)55(42)33-19-8-3-9-20-33/h1-30H/i1D,2D,3D,4D,5D,6D,7D,8D,9D,12D,14D,15D,16D,17D,18D,19D,20D,24D,25D,26D,28D. The second kappa shape index (κ2) is 11.9. The number of rotatable bonds is 5. The lowest BCUT2D eigenvalue weighted by Gasteiger charge is -2.14. The zero-order valence-corrected chi connectivity index (χ0v) is 28.4. The summed E-state index contributed by atoms with van der Waals surface area (Å²) in [5, 5.41) is 3.22. The molecule has 3 heterocycles. The van der Waals surface area contributed by atoms with Gasteiger partial charge in [0.15, 0.2) is 17.5 Å². The molecule has 0 N–H and O–H groups in total. The van der Waals surface area contributed by atoms with Crippen molar-refractivity contribution in [3.63, 3.8) is 0 Å². The van der Waals surface area contributed by atoms with Crippen LogP contribution in [0.2, 0.25) is 0 Å². The monoisotopic (exact) mass is 735 g/mol. The SMILES string of the molecule is [2H]c1c([2H])c([2H])c(-c2nc(-c3c([2H])c([2H])c([2H])c([2H])c3[2H])nc(-c3c([2H])c([2H])c([2H])c4c3oc3c([2H])c([2H])c([2H])c(-c5ccc6c7c5c5ccccc5c5cccc(c57)n6-c5c([2H])c([2H])c([2H])c([2H])c5[2H])c34)n2)c([2H])c1[2H]. The fourth-order valence-electron chi connectivity index (χ4n) is 7.67. The molecule has 0 spiro atoms. The Balaban J connectivity index is 1.24. The van der Waals surface area contributed by atoms with Crippen LogP contribution in [0.15, 0.2) is 186 Å². The van der Waals surface area contributed by atoms with Crippen molar-refractivity contribution in [1.82, 2.24) is 19.5 Å². The van der Waals surface area contributed by atoms with E-state index in [0.717, 1.165) is 5.39 Å². The van der Waals surface area contributed by atoms with E-state index in [1.54, 1.807) is 34.9 Å². The van der Waals surface area contributed by atoms with Crippen LogP contribution in [0.4, 0.5) is 0 Å². The predicted molar refractivity (Wildman–Crippen MR) is 229 cm³/mol. The molecule has 5 nitrogen and oxygen atoms in total. The van der Waals surface area contributed by atoms with Crippen LogP contribution in [0.5, 0.6) is 0 Å². The molecule has 12 rings (SSSR count). The van der Waals surface area contributed by atoms with Gasteiger partial charge in [-0.1, -0.05) is 145 Å². The zero-order valence-electron chi connectivity index (χ0n) is 49.4. The van der Waals surface area contributed by atoms with Gasteiger partial charge in [-0.2, -0.15) is 0 Å². The summed E-state index contributed by atoms with van der Waals surface area (Å²) in [5.41, 5.74) is -1.65. The van der Waals surface area contributed by atoms with Crippen molar-refractivity contribution in [1.29, 1.82) is 0 Å². The molecule has 0 fully saturated rings. The van der Waals surface area contributed by atoms with E-state index in [1.165, 1.54) is 0 Å². The maximum Gasteiger partial charge on any atom is 0.167 e. The second-order valence-corrected chi connectivity index (χ2v) is 12.8. The van der Waals surface area contributed by atoms with Gasteiger partial charge in [0.25, 0.3) is 0 Å². The van der Waals surface area contributed by atoms with Crippen molar-refractivity contribution in [2.24, 2.45) is 0 Å². The van der Waals surface area contributed by atoms with Crippen LogP contribution in [0.1, 0.15) is 28.8 Å². The Labute approximate surface area is 350 Å². The summed E-state index contributed by atoms with van der Waals surface area (Å²) in [4.78, 5) is 13.3. The molecule has 0 aliphatic carbocycles. The van der Waals surface area contributed by atoms with Gasteiger partial charge in [-0.15, -0.1) is 0 Å². The Hall–Kier alpha value is -7.63. The molecule has 260 valence electrons. The van der Waals surface area contributed by atoms with Gasteiger partial charge in [-0.3, -0.25) is 0 Å². The minimum absolute atomic E-state index is 0.0681. The number of hydrogen-bond acceptors (Lipinski definition) is 4. The van der Waals surface area contributed by atoms with Crippen LogP contribution >= 0.6 is 0 Å². The molecule has 0 aliphatic rings. The Bertz CT molecular complexity index is 4550. The number of benzene rings is 9. The van der Waals surface area contributed by atoms with Crippen molar-refractivity contribution >= 4 is 65.3 Å². The molecule has 0 aliphatic heterocycles. The second-order valence-electron chi connectivity index (χ2n) is 12.8. The molecule has 56 heavy (non-hydrogen) atoms. The minimum atomic E-state index is -0.803. The zero-order chi connectivity index (χ0) is 55.0. The van der Waals surface area contributed by atoms with Crippen LogP contribution in [0, 0.1) is 0 Å². The molecule has 0 atom stereocenters. The van der Waals surface area contributed by atoms with E-state index in [1.807, 2.05) is 24.3 Å². The number of hydrogen-bond donors (Lipinski definition) is 0. The first kappa shape index (κ1) is 16.8. The van der Waals surface area contributed by atoms with Crippen LogP contribution in [0.3, 0.4) is 0 Å². The van der Waals surface area contributed by atoms with E-state index in [-0.39, 0.29) is 33.2 Å². The van der Waals surface area contributed by atoms with Gasteiger partial charge in [-0.05, 0) is 63.6 Å². The fraction of sp³-hybridized carbons (Fsp3) is 0. The molecule has 0 saturated carbocycles. The van der Waals surface area contributed by atoms with E-state index in [0.29, 0.717) is 38.0 Å². The van der Waals surface area contributed by atoms with Gasteiger partial charge in [0.05, 0.1) is 45.4 Å². The van der Waals surface area contributed by atoms with Crippen LogP contribution in [-0.4, -0.2) is 19.5 Å². The summed E-state index contributed by atoms with van der Waals surface area (Å²) in [6.07, 6.45) is 0. The molecule has 0 radical (unpaired) electrons. The van der Waals surface area contributed by atoms with Crippen LogP contribution < -0.4 is 0 Å². The highest BCUT2D eigenvalue weighted by atomic mass is 16.3. The fourth-order valence-corrected chi connectivity index (χ4v) is 7.67. The third kappa shape index (κ3) is 4.46. The Morgan fingerprint density at radius 1 is 0.411 bits per heavy atom. The van der Waals surface area contributed by atoms with Crippen LogP contribution in [-0.2, 0) is 0 Å². The third-order valence-corrected chi connectivity index (χ3v) is 9.85. The molecular formula is C51H30N4O. The average molecular weight is 736 g/mol. The summed E-state index contributed by atoms with van der Waals surface area (Å²) in [6.45, 7) is 0. The number of fused-ring (bicyclic) bond motifs is 6. The number of furan rings is 1. The lowest BCUT2D eigenvalue weighted by atomic mass is 9.88. The topological polar surface area (TPSA) is 56.7 Å². The summed E-state index contributed by atoms with van der Waals surface area (Å²) >= 11 is 0. The smallest absolute Gasteiger partial charge is 0.167 e. The van der Waals surface area contributed by atoms with E-state index in [9.17, 15) is 8.22 Å². The highest BCUT2D eigenvalue weighted by molar-refractivity contribution is 6.37. The lowest BCUT2D eigenvalue weighted by Crippen LogP contribution is -2.00. The maximum atomic E-state index is 9.69. The number of aromatic nitrogens is 4. The Morgan fingerprint density at radius 3 is 1.77 bits per heavy atom. The minimum Gasteiger partial charge on any atom is -0.455 e. The van der Waals surface area contributed by atoms with E-state index in [4.69, 9.17) is 25.0 Å². The quantitative estimate of drug-likeness (QED) is 0.165. The molecular weight excluding hydrogens is 685 g/mol. The highest BCUT2D eigenvalue weighted by Gasteiger charge is 2.24. The van der Waals surface area contributed by atoms with Crippen molar-refractivity contribution in [2.45, 2.75) is 0 Å². The molecule has 0 amide bonds. The van der Waals surface area contributed by atoms with Gasteiger partial charge in [0.1, 0.15) is 11.2 Å². The number of para-hydroxylation sites is 2. The lowest BCUT2D eigenvalue weighted by molar-refractivity contribution is 0.669. The first-order valence-electron chi connectivity index (χ1n) is 27.7. The first-order valence-corrected chi connectivity index (χ1v) is 17.2. The van der Waals surface area contributed by atoms with Crippen molar-refractivity contribution < 1.29 is 33.2 Å². The molecule has 5 heteroatoms. The Kier molecular flexibility index (Phi) is 3.58. The van der Waals surface area contributed by atoms with Gasteiger partial charge in [-0.25, -0.2) is 15.0 Å². The van der Waals surface area contributed by atoms with Crippen molar-refractivity contribution in [3.05, 3.63) is 181 Å². The molecule has 9 aromatic carbocycles. The molecule has 0 saturated heterocycles. The maximum absolute atomic E-state index is 9.69. The van der Waals surface area contributed by atoms with Crippen molar-refractivity contribution in [3.8, 4) is 51.0 Å². The summed E-state index contributed by atoms with van der Waals surface area (Å²) in [7, 11) is 0. The Morgan fingerprint density at radius 2 is 1.02 bits per heavy atom. The predicted octanol–water partition coefficient (Wildman–Crippen LogP) is 13.3. The first-order chi connectivity index (χ1) is 36.5. The molecule has 3 aromatic heterocycles. The molecule has 12 aromatic rings. The third-order valence-electron chi connectivity index (χ3n) is 9.85. The summed E-state index contributed by atoms with van der Waals surface area (Å²) in [6, 6.07) is 1.35. The van der Waals surface area contributed by atoms with Gasteiger partial charge in [0, 0.05) is 43.7 Å². The highest BCUT2D eigenvalue weighted by Crippen LogP contribution is 2.49. The van der Waals surface area contributed by atoms with E-state index < -0.39 is 167 Å². The number of nitrogens with zero attached hydrogens (tertiary/aromatic N) is 4. The van der Waals surface area contributed by atoms with Gasteiger partial charge in [0.2, 0.25) is 0 Å². The normalized spacial score (nSPS) is 17.2.